The maximum absolute atomic E-state index is 12.7. The van der Waals surface area contributed by atoms with E-state index in [4.69, 9.17) is 16.3 Å². The number of hydrogen-bond donors (Lipinski definition) is 1. The predicted molar refractivity (Wildman–Crippen MR) is 118 cm³/mol. The molecule has 2 aromatic carbocycles. The lowest BCUT2D eigenvalue weighted by molar-refractivity contribution is -0.120. The van der Waals surface area contributed by atoms with Crippen molar-refractivity contribution < 1.29 is 17.9 Å². The van der Waals surface area contributed by atoms with Crippen LogP contribution in [0.4, 0.5) is 5.69 Å². The van der Waals surface area contributed by atoms with E-state index in [-0.39, 0.29) is 17.6 Å². The van der Waals surface area contributed by atoms with Crippen LogP contribution in [0.25, 0.3) is 0 Å². The second-order valence-corrected chi connectivity index (χ2v) is 10.2. The zero-order valence-electron chi connectivity index (χ0n) is 15.9. The molecule has 1 saturated heterocycles. The number of carbonyl (C=O) groups excluding carboxylic acids is 1. The minimum Gasteiger partial charge on any atom is -0.495 e. The molecular formula is C20H22BrClN2O4S. The fraction of sp³-hybridized carbons (Fsp3) is 0.350. The molecule has 0 saturated carbocycles. The van der Waals surface area contributed by atoms with E-state index in [0.29, 0.717) is 42.4 Å². The summed E-state index contributed by atoms with van der Waals surface area (Å²) in [4.78, 5) is 12.6. The second kappa shape index (κ2) is 9.47. The summed E-state index contributed by atoms with van der Waals surface area (Å²) in [6.07, 6.45) is 0.959. The average Bonchev–Trinajstić information content (AvgIpc) is 2.68. The van der Waals surface area contributed by atoms with Crippen LogP contribution in [0.3, 0.4) is 0 Å². The molecule has 3 rings (SSSR count). The molecule has 1 heterocycles. The Morgan fingerprint density at radius 1 is 1.24 bits per heavy atom. The highest BCUT2D eigenvalue weighted by molar-refractivity contribution is 9.10. The molecule has 9 heteroatoms. The number of nitrogens with one attached hydrogen (secondary N) is 1. The molecule has 0 aromatic heterocycles. The molecule has 6 nitrogen and oxygen atoms in total. The van der Waals surface area contributed by atoms with Crippen LogP contribution in [0.5, 0.6) is 5.75 Å². The number of nitrogens with zero attached hydrogens (tertiary/aromatic N) is 1. The van der Waals surface area contributed by atoms with Gasteiger partial charge >= 0.3 is 0 Å². The molecule has 1 aliphatic heterocycles. The lowest BCUT2D eigenvalue weighted by Crippen LogP contribution is -2.41. The van der Waals surface area contributed by atoms with Gasteiger partial charge in [0.1, 0.15) is 5.75 Å². The van der Waals surface area contributed by atoms with Gasteiger partial charge in [0.25, 0.3) is 0 Å². The third-order valence-corrected chi connectivity index (χ3v) is 7.51. The molecule has 29 heavy (non-hydrogen) atoms. The summed E-state index contributed by atoms with van der Waals surface area (Å²) in [5, 5.41) is 3.27. The van der Waals surface area contributed by atoms with Crippen LogP contribution in [0.2, 0.25) is 5.02 Å². The predicted octanol–water partition coefficient (Wildman–Crippen LogP) is 4.29. The van der Waals surface area contributed by atoms with Crippen LogP contribution < -0.4 is 10.1 Å². The highest BCUT2D eigenvalue weighted by atomic mass is 79.9. The molecule has 1 aliphatic rings. The minimum absolute atomic E-state index is 0.0480. The monoisotopic (exact) mass is 500 g/mol. The topological polar surface area (TPSA) is 75.7 Å². The zero-order valence-corrected chi connectivity index (χ0v) is 19.1. The fourth-order valence-electron chi connectivity index (χ4n) is 3.31. The molecule has 1 fully saturated rings. The lowest BCUT2D eigenvalue weighted by atomic mass is 9.97. The van der Waals surface area contributed by atoms with Crippen LogP contribution >= 0.6 is 27.5 Å². The third-order valence-electron chi connectivity index (χ3n) is 4.88. The average molecular weight is 502 g/mol. The summed E-state index contributed by atoms with van der Waals surface area (Å²) >= 11 is 9.45. The molecule has 0 bridgehead atoms. The lowest BCUT2D eigenvalue weighted by Gasteiger charge is -2.30. The van der Waals surface area contributed by atoms with E-state index in [0.717, 1.165) is 10.0 Å². The Hall–Kier alpha value is -1.61. The number of carbonyl (C=O) groups is 1. The summed E-state index contributed by atoms with van der Waals surface area (Å²) < 4.78 is 32.9. The molecule has 2 aromatic rings. The van der Waals surface area contributed by atoms with E-state index in [1.807, 2.05) is 12.1 Å². The van der Waals surface area contributed by atoms with Gasteiger partial charge in [0, 0.05) is 29.2 Å². The van der Waals surface area contributed by atoms with Gasteiger partial charge in [-0.25, -0.2) is 12.7 Å². The van der Waals surface area contributed by atoms with E-state index in [1.54, 1.807) is 30.3 Å². The smallest absolute Gasteiger partial charge is 0.227 e. The van der Waals surface area contributed by atoms with Crippen LogP contribution in [0.15, 0.2) is 46.9 Å². The van der Waals surface area contributed by atoms with E-state index in [9.17, 15) is 13.2 Å². The van der Waals surface area contributed by atoms with E-state index in [1.165, 1.54) is 11.4 Å². The molecule has 156 valence electrons. The first-order valence-corrected chi connectivity index (χ1v) is 11.9. The minimum atomic E-state index is -3.43. The van der Waals surface area contributed by atoms with Gasteiger partial charge in [-0.05, 0) is 48.7 Å². The fourth-order valence-corrected chi connectivity index (χ4v) is 5.57. The van der Waals surface area contributed by atoms with Crippen molar-refractivity contribution in [2.75, 3.05) is 25.5 Å². The van der Waals surface area contributed by atoms with Crippen molar-refractivity contribution in [2.24, 2.45) is 5.92 Å². The van der Waals surface area contributed by atoms with Crippen molar-refractivity contribution in [3.05, 3.63) is 57.5 Å². The number of anilines is 1. The number of piperidine rings is 1. The Morgan fingerprint density at radius 3 is 2.59 bits per heavy atom. The Kier molecular flexibility index (Phi) is 7.21. The van der Waals surface area contributed by atoms with Gasteiger partial charge in [-0.15, -0.1) is 0 Å². The largest absolute Gasteiger partial charge is 0.495 e. The van der Waals surface area contributed by atoms with Crippen molar-refractivity contribution >= 4 is 49.1 Å². The Balaban J connectivity index is 1.56. The van der Waals surface area contributed by atoms with Gasteiger partial charge in [-0.1, -0.05) is 39.7 Å². The van der Waals surface area contributed by atoms with Crippen molar-refractivity contribution in [1.82, 2.24) is 4.31 Å². The SMILES string of the molecule is COc1ccc(NC(=O)C2CCN(S(=O)(=O)Cc3cccc(Br)c3)CC2)cc1Cl. The maximum atomic E-state index is 12.7. The highest BCUT2D eigenvalue weighted by Gasteiger charge is 2.31. The molecule has 0 spiro atoms. The van der Waals surface area contributed by atoms with Gasteiger partial charge in [0.2, 0.25) is 15.9 Å². The molecule has 0 radical (unpaired) electrons. The van der Waals surface area contributed by atoms with Gasteiger partial charge < -0.3 is 10.1 Å². The van der Waals surface area contributed by atoms with Crippen LogP contribution in [-0.2, 0) is 20.6 Å². The summed E-state index contributed by atoms with van der Waals surface area (Å²) in [6, 6.07) is 12.3. The van der Waals surface area contributed by atoms with Crippen LogP contribution in [-0.4, -0.2) is 38.8 Å². The molecule has 0 aliphatic carbocycles. The van der Waals surface area contributed by atoms with Crippen molar-refractivity contribution in [3.63, 3.8) is 0 Å². The van der Waals surface area contributed by atoms with E-state index >= 15 is 0 Å². The van der Waals surface area contributed by atoms with Crippen LogP contribution in [0.1, 0.15) is 18.4 Å². The first-order chi connectivity index (χ1) is 13.8. The first kappa shape index (κ1) is 22.1. The van der Waals surface area contributed by atoms with Gasteiger partial charge in [-0.2, -0.15) is 0 Å². The van der Waals surface area contributed by atoms with Crippen LogP contribution in [0, 0.1) is 5.92 Å². The third kappa shape index (κ3) is 5.72. The molecule has 0 unspecified atom stereocenters. The highest BCUT2D eigenvalue weighted by Crippen LogP contribution is 2.28. The first-order valence-electron chi connectivity index (χ1n) is 9.15. The number of sulfonamides is 1. The van der Waals surface area contributed by atoms with Crippen molar-refractivity contribution in [2.45, 2.75) is 18.6 Å². The van der Waals surface area contributed by atoms with Crippen molar-refractivity contribution in [1.29, 1.82) is 0 Å². The molecule has 1 amide bonds. The molecule has 0 atom stereocenters. The van der Waals surface area contributed by atoms with E-state index in [2.05, 4.69) is 21.2 Å². The number of amides is 1. The Morgan fingerprint density at radius 2 is 1.97 bits per heavy atom. The standard InChI is InChI=1S/C20H22BrClN2O4S/c1-28-19-6-5-17(12-18(19)22)23-20(25)15-7-9-24(10-8-15)29(26,27)13-14-3-2-4-16(21)11-14/h2-6,11-12,15H,7-10,13H2,1H3,(H,23,25). The zero-order chi connectivity index (χ0) is 21.0. The second-order valence-electron chi connectivity index (χ2n) is 6.90. The summed E-state index contributed by atoms with van der Waals surface area (Å²) in [6.45, 7) is 0.662. The van der Waals surface area contributed by atoms with Gasteiger partial charge in [0.05, 0.1) is 17.9 Å². The normalized spacial score (nSPS) is 15.8. The number of ether oxygens (including phenoxy) is 1. The van der Waals surface area contributed by atoms with Gasteiger partial charge in [0.15, 0.2) is 0 Å². The number of benzene rings is 2. The molecular weight excluding hydrogens is 480 g/mol. The number of rotatable bonds is 6. The molecule has 1 N–H and O–H groups in total. The quantitative estimate of drug-likeness (QED) is 0.641. The summed E-state index contributed by atoms with van der Waals surface area (Å²) in [5.41, 5.74) is 1.32. The number of halogens is 2. The van der Waals surface area contributed by atoms with E-state index < -0.39 is 10.0 Å². The van der Waals surface area contributed by atoms with Crippen molar-refractivity contribution in [3.8, 4) is 5.75 Å². The Labute approximate surface area is 184 Å². The Bertz CT molecular complexity index is 992. The number of methoxy groups -OCH3 is 1. The summed E-state index contributed by atoms with van der Waals surface area (Å²) in [7, 11) is -1.90. The summed E-state index contributed by atoms with van der Waals surface area (Å²) in [5.74, 6) is 0.116. The maximum Gasteiger partial charge on any atom is 0.227 e. The van der Waals surface area contributed by atoms with Gasteiger partial charge in [-0.3, -0.25) is 4.79 Å². The number of hydrogen-bond acceptors (Lipinski definition) is 4.